The van der Waals surface area contributed by atoms with Crippen LogP contribution < -0.4 is 4.90 Å². The molecular weight excluding hydrogens is 361 g/mol. The van der Waals surface area contributed by atoms with Gasteiger partial charge in [-0.25, -0.2) is 8.42 Å². The summed E-state index contributed by atoms with van der Waals surface area (Å²) in [6.45, 7) is 1.06. The zero-order chi connectivity index (χ0) is 16.2. The Bertz CT molecular complexity index is 848. The third-order valence-electron chi connectivity index (χ3n) is 4.42. The molecule has 0 N–H and O–H groups in total. The lowest BCUT2D eigenvalue weighted by atomic mass is 10.1. The van der Waals surface area contributed by atoms with Crippen molar-refractivity contribution in [2.75, 3.05) is 23.7 Å². The monoisotopic (exact) mass is 373 g/mol. The summed E-state index contributed by atoms with van der Waals surface area (Å²) < 4.78 is 29.3. The molecule has 0 spiro atoms. The van der Waals surface area contributed by atoms with Crippen molar-refractivity contribution < 1.29 is 12.9 Å². The molecule has 6 nitrogen and oxygen atoms in total. The van der Waals surface area contributed by atoms with Crippen molar-refractivity contribution >= 4 is 39.0 Å². The molecule has 0 radical (unpaired) electrons. The molecule has 1 aromatic carbocycles. The summed E-state index contributed by atoms with van der Waals surface area (Å²) in [4.78, 5) is 6.22. The summed E-state index contributed by atoms with van der Waals surface area (Å²) in [5.74, 6) is 1.15. The van der Waals surface area contributed by atoms with Crippen LogP contribution in [0.5, 0.6) is 0 Å². The number of anilines is 1. The molecule has 122 valence electrons. The second-order valence-electron chi connectivity index (χ2n) is 5.92. The quantitative estimate of drug-likeness (QED) is 0.805. The van der Waals surface area contributed by atoms with Crippen LogP contribution in [0.15, 0.2) is 22.7 Å². The van der Waals surface area contributed by atoms with Crippen LogP contribution in [0.2, 0.25) is 10.0 Å². The summed E-state index contributed by atoms with van der Waals surface area (Å²) in [5.41, 5.74) is 0.633. The Morgan fingerprint density at radius 2 is 1.91 bits per heavy atom. The standard InChI is InChI=1S/C14H13Cl2N3O3S/c15-10-3-9(4-11(16)5-10)13-17-14(18-22-13)19-6-8-1-2-23(20,21)12(8)7-19/h3-5,8,12H,1-2,6-7H2/t8-,12+/m0/s1. The lowest BCUT2D eigenvalue weighted by Gasteiger charge is -2.13. The van der Waals surface area contributed by atoms with E-state index in [2.05, 4.69) is 10.1 Å². The number of hydrogen-bond donors (Lipinski definition) is 0. The highest BCUT2D eigenvalue weighted by molar-refractivity contribution is 7.92. The Balaban J connectivity index is 1.60. The molecule has 2 aromatic rings. The number of benzene rings is 1. The highest BCUT2D eigenvalue weighted by Crippen LogP contribution is 2.35. The number of rotatable bonds is 2. The molecule has 0 saturated carbocycles. The summed E-state index contributed by atoms with van der Waals surface area (Å²) in [5, 5.41) is 4.61. The van der Waals surface area contributed by atoms with E-state index >= 15 is 0 Å². The fourth-order valence-electron chi connectivity index (χ4n) is 3.29. The third kappa shape index (κ3) is 2.70. The van der Waals surface area contributed by atoms with Crippen LogP contribution >= 0.6 is 23.2 Å². The van der Waals surface area contributed by atoms with E-state index < -0.39 is 9.84 Å². The van der Waals surface area contributed by atoms with Crippen molar-refractivity contribution in [3.05, 3.63) is 28.2 Å². The van der Waals surface area contributed by atoms with Gasteiger partial charge >= 0.3 is 0 Å². The maximum absolute atomic E-state index is 12.0. The largest absolute Gasteiger partial charge is 0.337 e. The summed E-state index contributed by atoms with van der Waals surface area (Å²) >= 11 is 12.0. The SMILES string of the molecule is O=S1(=O)CC[C@H]2CN(c3noc(-c4cc(Cl)cc(Cl)c4)n3)C[C@H]21. The summed E-state index contributed by atoms with van der Waals surface area (Å²) in [6, 6.07) is 5.00. The minimum Gasteiger partial charge on any atom is -0.337 e. The molecule has 0 aliphatic carbocycles. The Morgan fingerprint density at radius 3 is 2.61 bits per heavy atom. The van der Waals surface area contributed by atoms with Crippen molar-refractivity contribution in [3.8, 4) is 11.5 Å². The molecule has 0 bridgehead atoms. The van der Waals surface area contributed by atoms with Crippen molar-refractivity contribution in [1.82, 2.24) is 10.1 Å². The van der Waals surface area contributed by atoms with E-state index in [-0.39, 0.29) is 16.9 Å². The first kappa shape index (κ1) is 15.2. The molecule has 2 atom stereocenters. The summed E-state index contributed by atoms with van der Waals surface area (Å²) in [7, 11) is -2.98. The molecule has 9 heteroatoms. The van der Waals surface area contributed by atoms with Crippen LogP contribution in [0.3, 0.4) is 0 Å². The van der Waals surface area contributed by atoms with Gasteiger partial charge in [-0.1, -0.05) is 23.2 Å². The number of halogens is 2. The lowest BCUT2D eigenvalue weighted by Crippen LogP contribution is -2.27. The maximum Gasteiger partial charge on any atom is 0.266 e. The molecular formula is C14H13Cl2N3O3S. The Kier molecular flexibility index (Phi) is 3.55. The molecule has 1 aromatic heterocycles. The number of aromatic nitrogens is 2. The predicted octanol–water partition coefficient (Wildman–Crippen LogP) is 2.67. The van der Waals surface area contributed by atoms with Crippen LogP contribution in [-0.4, -0.2) is 42.7 Å². The highest BCUT2D eigenvalue weighted by atomic mass is 35.5. The second-order valence-corrected chi connectivity index (χ2v) is 9.13. The van der Waals surface area contributed by atoms with E-state index in [4.69, 9.17) is 27.7 Å². The van der Waals surface area contributed by atoms with Gasteiger partial charge in [-0.05, 0) is 35.7 Å². The molecule has 4 rings (SSSR count). The Hall–Kier alpha value is -1.31. The fraction of sp³-hybridized carbons (Fsp3) is 0.429. The Morgan fingerprint density at radius 1 is 1.17 bits per heavy atom. The highest BCUT2D eigenvalue weighted by Gasteiger charge is 2.47. The normalized spacial score (nSPS) is 25.7. The molecule has 23 heavy (non-hydrogen) atoms. The van der Waals surface area contributed by atoms with Crippen LogP contribution in [0.4, 0.5) is 5.95 Å². The predicted molar refractivity (Wildman–Crippen MR) is 87.6 cm³/mol. The van der Waals surface area contributed by atoms with Gasteiger partial charge in [0.1, 0.15) is 0 Å². The maximum atomic E-state index is 12.0. The van der Waals surface area contributed by atoms with Crippen molar-refractivity contribution in [1.29, 1.82) is 0 Å². The third-order valence-corrected chi connectivity index (χ3v) is 7.12. The topological polar surface area (TPSA) is 76.3 Å². The first-order chi connectivity index (χ1) is 10.9. The van der Waals surface area contributed by atoms with E-state index in [9.17, 15) is 8.42 Å². The van der Waals surface area contributed by atoms with Gasteiger partial charge in [-0.3, -0.25) is 0 Å². The molecule has 2 aliphatic rings. The van der Waals surface area contributed by atoms with Gasteiger partial charge in [0, 0.05) is 28.7 Å². The number of sulfone groups is 1. The first-order valence-electron chi connectivity index (χ1n) is 7.19. The molecule has 2 fully saturated rings. The van der Waals surface area contributed by atoms with E-state index in [0.29, 0.717) is 47.0 Å². The average Bonchev–Trinajstić information content (AvgIpc) is 3.15. The van der Waals surface area contributed by atoms with E-state index in [1.54, 1.807) is 18.2 Å². The first-order valence-corrected chi connectivity index (χ1v) is 9.66. The molecule has 2 aliphatic heterocycles. The Labute approximate surface area is 143 Å². The van der Waals surface area contributed by atoms with Crippen LogP contribution in [0.25, 0.3) is 11.5 Å². The van der Waals surface area contributed by atoms with E-state index in [1.807, 2.05) is 4.90 Å². The van der Waals surface area contributed by atoms with Gasteiger partial charge in [-0.2, -0.15) is 4.98 Å². The van der Waals surface area contributed by atoms with Gasteiger partial charge in [0.25, 0.3) is 11.8 Å². The lowest BCUT2D eigenvalue weighted by molar-refractivity contribution is 0.429. The number of fused-ring (bicyclic) bond motifs is 1. The van der Waals surface area contributed by atoms with Crippen LogP contribution in [-0.2, 0) is 9.84 Å². The minimum atomic E-state index is -2.98. The molecule has 0 amide bonds. The van der Waals surface area contributed by atoms with Crippen molar-refractivity contribution in [2.45, 2.75) is 11.7 Å². The van der Waals surface area contributed by atoms with Gasteiger partial charge in [0.2, 0.25) is 0 Å². The minimum absolute atomic E-state index is 0.155. The number of hydrogen-bond acceptors (Lipinski definition) is 6. The van der Waals surface area contributed by atoms with E-state index in [0.717, 1.165) is 0 Å². The van der Waals surface area contributed by atoms with Gasteiger partial charge in [0.05, 0.1) is 11.0 Å². The van der Waals surface area contributed by atoms with Gasteiger partial charge < -0.3 is 9.42 Å². The van der Waals surface area contributed by atoms with Crippen LogP contribution in [0.1, 0.15) is 6.42 Å². The molecule has 0 unspecified atom stereocenters. The van der Waals surface area contributed by atoms with Gasteiger partial charge in [-0.15, -0.1) is 0 Å². The van der Waals surface area contributed by atoms with E-state index in [1.165, 1.54) is 0 Å². The van der Waals surface area contributed by atoms with Gasteiger partial charge in [0.15, 0.2) is 9.84 Å². The zero-order valence-electron chi connectivity index (χ0n) is 11.9. The summed E-state index contributed by atoms with van der Waals surface area (Å²) in [6.07, 6.45) is 0.706. The van der Waals surface area contributed by atoms with Crippen LogP contribution in [0, 0.1) is 5.92 Å². The molecule has 2 saturated heterocycles. The van der Waals surface area contributed by atoms with Crippen molar-refractivity contribution in [2.24, 2.45) is 5.92 Å². The second kappa shape index (κ2) is 5.36. The average molecular weight is 374 g/mol. The number of nitrogens with zero attached hydrogens (tertiary/aromatic N) is 3. The zero-order valence-corrected chi connectivity index (χ0v) is 14.3. The van der Waals surface area contributed by atoms with Crippen molar-refractivity contribution in [3.63, 3.8) is 0 Å². The fourth-order valence-corrected chi connectivity index (χ4v) is 5.97. The smallest absolute Gasteiger partial charge is 0.266 e. The molecule has 3 heterocycles.